The van der Waals surface area contributed by atoms with Crippen molar-refractivity contribution in [3.63, 3.8) is 0 Å². The summed E-state index contributed by atoms with van der Waals surface area (Å²) in [5.74, 6) is 0.382. The van der Waals surface area contributed by atoms with Crippen molar-refractivity contribution < 1.29 is 31.8 Å². The average molecular weight is 567 g/mol. The van der Waals surface area contributed by atoms with Gasteiger partial charge >= 0.3 is 11.2 Å². The summed E-state index contributed by atoms with van der Waals surface area (Å²) in [6, 6.07) is 20.9. The van der Waals surface area contributed by atoms with Gasteiger partial charge in [-0.2, -0.15) is 8.78 Å². The van der Waals surface area contributed by atoms with Crippen LogP contribution in [-0.4, -0.2) is 31.4 Å². The molecule has 7 rings (SSSR count). The number of carbonyl (C=O) groups is 1. The Morgan fingerprint density at radius 3 is 1.65 bits per heavy atom. The van der Waals surface area contributed by atoms with E-state index in [-0.39, 0.29) is 22.4 Å². The van der Waals surface area contributed by atoms with E-state index in [1.54, 1.807) is 36.4 Å². The maximum atomic E-state index is 16.3. The van der Waals surface area contributed by atoms with Crippen molar-refractivity contribution >= 4 is 15.8 Å². The maximum Gasteiger partial charge on any atom is 0.380 e. The molecule has 0 heterocycles. The highest BCUT2D eigenvalue weighted by Gasteiger charge is 2.62. The number of ether oxygens (including phenoxy) is 1. The second kappa shape index (κ2) is 9.68. The molecule has 8 heteroatoms. The lowest BCUT2D eigenvalue weighted by Gasteiger charge is -2.55. The topological polar surface area (TPSA) is 80.7 Å². The van der Waals surface area contributed by atoms with Crippen LogP contribution in [0.5, 0.6) is 5.75 Å². The predicted molar refractivity (Wildman–Crippen MR) is 146 cm³/mol. The van der Waals surface area contributed by atoms with E-state index >= 15 is 8.78 Å². The Labute approximate surface area is 233 Å². The number of phenols is 1. The van der Waals surface area contributed by atoms with Crippen LogP contribution in [0.15, 0.2) is 84.9 Å². The van der Waals surface area contributed by atoms with Crippen molar-refractivity contribution in [3.8, 4) is 5.75 Å². The number of hydrogen-bond donors (Lipinski definition) is 1. The van der Waals surface area contributed by atoms with E-state index in [0.717, 1.165) is 19.3 Å². The van der Waals surface area contributed by atoms with E-state index in [1.807, 2.05) is 0 Å². The maximum absolute atomic E-state index is 16.3. The number of carbonyl (C=O) groups excluding carboxylic acids is 1. The minimum absolute atomic E-state index is 0.0368. The van der Waals surface area contributed by atoms with Gasteiger partial charge in [0.25, 0.3) is 0 Å². The summed E-state index contributed by atoms with van der Waals surface area (Å²) < 4.78 is 64.3. The van der Waals surface area contributed by atoms with E-state index in [4.69, 9.17) is 4.74 Å². The largest absolute Gasteiger partial charge is 0.508 e. The Bertz CT molecular complexity index is 1410. The summed E-state index contributed by atoms with van der Waals surface area (Å²) in [6.07, 6.45) is 5.09. The number of sulfone groups is 1. The molecule has 0 aliphatic heterocycles. The van der Waals surface area contributed by atoms with Crippen LogP contribution in [0.3, 0.4) is 0 Å². The molecule has 0 radical (unpaired) electrons. The van der Waals surface area contributed by atoms with Crippen LogP contribution in [0.2, 0.25) is 0 Å². The monoisotopic (exact) mass is 566 g/mol. The summed E-state index contributed by atoms with van der Waals surface area (Å²) in [5.41, 5.74) is -0.533. The lowest BCUT2D eigenvalue weighted by Crippen LogP contribution is -2.53. The van der Waals surface area contributed by atoms with Crippen LogP contribution in [0.1, 0.15) is 55.2 Å². The van der Waals surface area contributed by atoms with Gasteiger partial charge in [-0.15, -0.1) is 0 Å². The molecule has 210 valence electrons. The first-order valence-electron chi connectivity index (χ1n) is 13.8. The molecule has 0 spiro atoms. The Morgan fingerprint density at radius 1 is 0.775 bits per heavy atom. The zero-order chi connectivity index (χ0) is 28.2. The second-order valence-corrected chi connectivity index (χ2v) is 14.1. The highest BCUT2D eigenvalue weighted by atomic mass is 32.2. The fourth-order valence-corrected chi connectivity index (χ4v) is 9.97. The highest BCUT2D eigenvalue weighted by molar-refractivity contribution is 7.93. The van der Waals surface area contributed by atoms with Crippen molar-refractivity contribution in [1.82, 2.24) is 0 Å². The fourth-order valence-electron chi connectivity index (χ4n) is 7.97. The molecule has 4 saturated carbocycles. The lowest BCUT2D eigenvalue weighted by atomic mass is 9.49. The first-order valence-corrected chi connectivity index (χ1v) is 15.3. The van der Waals surface area contributed by atoms with Gasteiger partial charge in [-0.1, -0.05) is 72.8 Å². The van der Waals surface area contributed by atoms with E-state index in [1.165, 1.54) is 48.5 Å². The molecule has 4 bridgehead atoms. The van der Waals surface area contributed by atoms with Crippen LogP contribution in [0.25, 0.3) is 0 Å². The Hall–Kier alpha value is -3.26. The van der Waals surface area contributed by atoms with Crippen molar-refractivity contribution in [2.45, 2.75) is 48.5 Å². The van der Waals surface area contributed by atoms with Gasteiger partial charge in [0.15, 0.2) is 11.4 Å². The van der Waals surface area contributed by atoms with Gasteiger partial charge in [0.2, 0.25) is 9.84 Å². The minimum Gasteiger partial charge on any atom is -0.508 e. The van der Waals surface area contributed by atoms with E-state index in [9.17, 15) is 18.3 Å². The first kappa shape index (κ1) is 26.9. The van der Waals surface area contributed by atoms with Gasteiger partial charge in [0, 0.05) is 0 Å². The van der Waals surface area contributed by atoms with Gasteiger partial charge in [0.05, 0.1) is 5.41 Å². The number of hydrogen-bond acceptors (Lipinski definition) is 5. The molecule has 0 amide bonds. The third kappa shape index (κ3) is 4.14. The molecule has 4 aliphatic carbocycles. The molecule has 0 saturated heterocycles. The quantitative estimate of drug-likeness (QED) is 0.250. The predicted octanol–water partition coefficient (Wildman–Crippen LogP) is 6.45. The molecule has 0 unspecified atom stereocenters. The highest BCUT2D eigenvalue weighted by Crippen LogP contribution is 2.60. The number of alkyl halides is 2. The number of benzene rings is 3. The summed E-state index contributed by atoms with van der Waals surface area (Å²) in [5, 5.41) is 5.51. The number of esters is 1. The van der Waals surface area contributed by atoms with Crippen molar-refractivity contribution in [3.05, 3.63) is 102 Å². The van der Waals surface area contributed by atoms with E-state index in [2.05, 4.69) is 0 Å². The third-order valence-electron chi connectivity index (χ3n) is 9.27. The lowest BCUT2D eigenvalue weighted by molar-refractivity contribution is -0.176. The number of rotatable bonds is 8. The molecule has 0 atom stereocenters. The standard InChI is InChI=1S/C32H32F2O5S/c33-31(34,21-39-29(36)30-18-22-15-23(19-30)17-24(16-22)20-30)40(37,38)32(25-7-3-1-4-8-25,26-9-5-2-6-10-26)27-11-13-28(35)14-12-27/h1-14,22-24,35H,15-21H2. The van der Waals surface area contributed by atoms with Gasteiger partial charge in [0.1, 0.15) is 5.75 Å². The average Bonchev–Trinajstić information content (AvgIpc) is 2.93. The minimum atomic E-state index is -5.48. The molecule has 40 heavy (non-hydrogen) atoms. The molecule has 3 aromatic rings. The van der Waals surface area contributed by atoms with Crippen LogP contribution >= 0.6 is 0 Å². The van der Waals surface area contributed by atoms with Crippen molar-refractivity contribution in [2.75, 3.05) is 6.61 Å². The molecule has 0 aromatic heterocycles. The number of phenolic OH excluding ortho intramolecular Hbond substituents is 1. The summed E-state index contributed by atoms with van der Waals surface area (Å²) in [7, 11) is -5.48. The first-order chi connectivity index (χ1) is 19.1. The molecule has 5 nitrogen and oxygen atoms in total. The Morgan fingerprint density at radius 2 is 1.20 bits per heavy atom. The van der Waals surface area contributed by atoms with Gasteiger partial charge in [-0.25, -0.2) is 8.42 Å². The molecule has 3 aromatic carbocycles. The third-order valence-corrected chi connectivity index (χ3v) is 11.7. The number of halogens is 2. The van der Waals surface area contributed by atoms with Crippen LogP contribution in [0, 0.1) is 23.2 Å². The zero-order valence-electron chi connectivity index (χ0n) is 22.0. The van der Waals surface area contributed by atoms with E-state index in [0.29, 0.717) is 37.0 Å². The van der Waals surface area contributed by atoms with Crippen LogP contribution < -0.4 is 0 Å². The summed E-state index contributed by atoms with van der Waals surface area (Å²) >= 11 is 0. The Balaban J connectivity index is 1.41. The molecular weight excluding hydrogens is 534 g/mol. The summed E-state index contributed by atoms with van der Waals surface area (Å²) in [4.78, 5) is 13.4. The normalized spacial score (nSPS) is 26.0. The molecule has 4 aliphatic rings. The van der Waals surface area contributed by atoms with E-state index < -0.39 is 37.8 Å². The van der Waals surface area contributed by atoms with Gasteiger partial charge < -0.3 is 9.84 Å². The number of aromatic hydroxyl groups is 1. The van der Waals surface area contributed by atoms with Gasteiger partial charge in [-0.3, -0.25) is 4.79 Å². The zero-order valence-corrected chi connectivity index (χ0v) is 22.8. The van der Waals surface area contributed by atoms with Crippen molar-refractivity contribution in [2.24, 2.45) is 23.2 Å². The van der Waals surface area contributed by atoms with Crippen LogP contribution in [0.4, 0.5) is 8.78 Å². The molecular formula is C32H32F2O5S. The molecule has 1 N–H and O–H groups in total. The molecule has 4 fully saturated rings. The Kier molecular flexibility index (Phi) is 6.52. The second-order valence-electron chi connectivity index (χ2n) is 11.9. The SMILES string of the molecule is O=C(OCC(F)(F)S(=O)(=O)C(c1ccccc1)(c1ccccc1)c1ccc(O)cc1)C12CC3CC(CC(C3)C1)C2. The fraction of sp³-hybridized carbons (Fsp3) is 0.406. The van der Waals surface area contributed by atoms with Crippen LogP contribution in [-0.2, 0) is 24.1 Å². The van der Waals surface area contributed by atoms with Crippen molar-refractivity contribution in [1.29, 1.82) is 0 Å². The smallest absolute Gasteiger partial charge is 0.380 e. The summed E-state index contributed by atoms with van der Waals surface area (Å²) in [6.45, 7) is -1.56. The van der Waals surface area contributed by atoms with Gasteiger partial charge in [-0.05, 0) is 85.1 Å².